The maximum atomic E-state index is 2.32. The summed E-state index contributed by atoms with van der Waals surface area (Å²) in [5, 5.41) is 0. The van der Waals surface area contributed by atoms with Crippen molar-refractivity contribution < 1.29 is 0 Å². The molecule has 6 aromatic carbocycles. The third kappa shape index (κ3) is 5.72. The number of hydrogen-bond acceptors (Lipinski definition) is 0. The molecule has 0 saturated heterocycles. The summed E-state index contributed by atoms with van der Waals surface area (Å²) >= 11 is 0. The summed E-state index contributed by atoms with van der Waals surface area (Å²) in [6.07, 6.45) is 1.76. The Morgan fingerprint density at radius 1 is 0.325 bits per heavy atom. The van der Waals surface area contributed by atoms with Crippen LogP contribution in [0.15, 0.2) is 170 Å². The lowest BCUT2D eigenvalue weighted by Gasteiger charge is -2.22. The SMILES string of the molecule is c1ccc(Cc2cccc(C(=C(c3ccccc3)c3ccccc3)c3ccccc3)c2Cc2ccccc2)cc1. The largest absolute Gasteiger partial charge is 0.0622 e. The van der Waals surface area contributed by atoms with Crippen LogP contribution in [0.5, 0.6) is 0 Å². The van der Waals surface area contributed by atoms with E-state index in [9.17, 15) is 0 Å². The Kier molecular flexibility index (Phi) is 7.78. The molecule has 0 aliphatic carbocycles. The fourth-order valence-electron chi connectivity index (χ4n) is 5.56. The van der Waals surface area contributed by atoms with Crippen LogP contribution >= 0.6 is 0 Å². The summed E-state index contributed by atoms with van der Waals surface area (Å²) in [6, 6.07) is 61.1. The first-order chi connectivity index (χ1) is 19.9. The number of benzene rings is 6. The van der Waals surface area contributed by atoms with Crippen molar-refractivity contribution in [1.82, 2.24) is 0 Å². The Labute approximate surface area is 237 Å². The van der Waals surface area contributed by atoms with Crippen molar-refractivity contribution >= 4 is 11.1 Å². The van der Waals surface area contributed by atoms with E-state index in [0.29, 0.717) is 0 Å². The van der Waals surface area contributed by atoms with Gasteiger partial charge in [0.05, 0.1) is 0 Å². The van der Waals surface area contributed by atoms with E-state index in [1.807, 2.05) is 0 Å². The lowest BCUT2D eigenvalue weighted by atomic mass is 9.81. The molecule has 0 aliphatic heterocycles. The Morgan fingerprint density at radius 3 is 1.20 bits per heavy atom. The van der Waals surface area contributed by atoms with Crippen LogP contribution in [0.3, 0.4) is 0 Å². The van der Waals surface area contributed by atoms with Gasteiger partial charge in [-0.2, -0.15) is 0 Å². The minimum Gasteiger partial charge on any atom is -0.0622 e. The van der Waals surface area contributed by atoms with Crippen LogP contribution in [-0.4, -0.2) is 0 Å². The van der Waals surface area contributed by atoms with Gasteiger partial charge in [-0.1, -0.05) is 170 Å². The van der Waals surface area contributed by atoms with Crippen molar-refractivity contribution in [3.05, 3.63) is 214 Å². The molecule has 0 atom stereocenters. The van der Waals surface area contributed by atoms with Crippen LogP contribution in [0.2, 0.25) is 0 Å². The molecule has 0 N–H and O–H groups in total. The molecule has 0 heterocycles. The monoisotopic (exact) mass is 512 g/mol. The first kappa shape index (κ1) is 25.3. The zero-order valence-corrected chi connectivity index (χ0v) is 22.6. The summed E-state index contributed by atoms with van der Waals surface area (Å²) in [5.74, 6) is 0. The molecule has 6 aromatic rings. The lowest BCUT2D eigenvalue weighted by Crippen LogP contribution is -2.05. The zero-order chi connectivity index (χ0) is 27.0. The standard InChI is InChI=1S/C40H32/c1-6-17-31(18-7-1)29-36-27-16-28-37(38(36)30-32-19-8-2-9-20-32)40(35-25-14-5-15-26-35)39(33-21-10-3-11-22-33)34-23-12-4-13-24-34/h1-28H,29-30H2. The van der Waals surface area contributed by atoms with Gasteiger partial charge in [0.1, 0.15) is 0 Å². The second kappa shape index (κ2) is 12.3. The normalized spacial score (nSPS) is 10.7. The minimum absolute atomic E-state index is 0.867. The van der Waals surface area contributed by atoms with E-state index in [2.05, 4.69) is 170 Å². The number of rotatable bonds is 8. The average molecular weight is 513 g/mol. The average Bonchev–Trinajstić information content (AvgIpc) is 3.03. The molecular weight excluding hydrogens is 480 g/mol. The summed E-state index contributed by atoms with van der Waals surface area (Å²) in [6.45, 7) is 0. The third-order valence-corrected chi connectivity index (χ3v) is 7.44. The van der Waals surface area contributed by atoms with E-state index in [1.165, 1.54) is 55.7 Å². The molecule has 192 valence electrons. The fourth-order valence-corrected chi connectivity index (χ4v) is 5.56. The molecule has 6 rings (SSSR count). The van der Waals surface area contributed by atoms with Crippen molar-refractivity contribution in [2.75, 3.05) is 0 Å². The fraction of sp³-hybridized carbons (Fsp3) is 0.0500. The topological polar surface area (TPSA) is 0 Å². The van der Waals surface area contributed by atoms with E-state index in [1.54, 1.807) is 0 Å². The van der Waals surface area contributed by atoms with Crippen LogP contribution in [0, 0.1) is 0 Å². The van der Waals surface area contributed by atoms with Crippen LogP contribution in [0.1, 0.15) is 44.5 Å². The highest BCUT2D eigenvalue weighted by Gasteiger charge is 2.20. The van der Waals surface area contributed by atoms with E-state index in [0.717, 1.165) is 12.8 Å². The van der Waals surface area contributed by atoms with Gasteiger partial charge in [0.25, 0.3) is 0 Å². The van der Waals surface area contributed by atoms with Gasteiger partial charge in [-0.25, -0.2) is 0 Å². The quantitative estimate of drug-likeness (QED) is 0.178. The maximum Gasteiger partial charge on any atom is -0.00168 e. The van der Waals surface area contributed by atoms with Gasteiger partial charge >= 0.3 is 0 Å². The minimum atomic E-state index is 0.867. The second-order valence-electron chi connectivity index (χ2n) is 10.1. The molecule has 0 aliphatic rings. The van der Waals surface area contributed by atoms with Crippen molar-refractivity contribution in [2.24, 2.45) is 0 Å². The summed E-state index contributed by atoms with van der Waals surface area (Å²) in [7, 11) is 0. The van der Waals surface area contributed by atoms with Gasteiger partial charge < -0.3 is 0 Å². The predicted molar refractivity (Wildman–Crippen MR) is 169 cm³/mol. The molecule has 0 spiro atoms. The molecule has 0 saturated carbocycles. The molecule has 0 amide bonds. The summed E-state index contributed by atoms with van der Waals surface area (Å²) in [5.41, 5.74) is 12.8. The van der Waals surface area contributed by atoms with Crippen LogP contribution in [0.25, 0.3) is 11.1 Å². The highest BCUT2D eigenvalue weighted by atomic mass is 14.2. The van der Waals surface area contributed by atoms with Gasteiger partial charge in [-0.05, 0) is 68.5 Å². The molecule has 0 fully saturated rings. The van der Waals surface area contributed by atoms with Crippen molar-refractivity contribution in [3.63, 3.8) is 0 Å². The van der Waals surface area contributed by atoms with Gasteiger partial charge in [0.15, 0.2) is 0 Å². The van der Waals surface area contributed by atoms with Crippen LogP contribution in [0.4, 0.5) is 0 Å². The molecule has 0 radical (unpaired) electrons. The Hall–Kier alpha value is -4.94. The van der Waals surface area contributed by atoms with Gasteiger partial charge in [0, 0.05) is 0 Å². The Morgan fingerprint density at radius 2 is 0.725 bits per heavy atom. The molecule has 0 unspecified atom stereocenters. The molecular formula is C40H32. The lowest BCUT2D eigenvalue weighted by molar-refractivity contribution is 1.08. The zero-order valence-electron chi connectivity index (χ0n) is 22.6. The summed E-state index contributed by atoms with van der Waals surface area (Å²) < 4.78 is 0. The van der Waals surface area contributed by atoms with Crippen LogP contribution < -0.4 is 0 Å². The Bertz CT molecular complexity index is 1640. The summed E-state index contributed by atoms with van der Waals surface area (Å²) in [4.78, 5) is 0. The molecule has 40 heavy (non-hydrogen) atoms. The molecule has 0 bridgehead atoms. The van der Waals surface area contributed by atoms with Gasteiger partial charge in [0.2, 0.25) is 0 Å². The van der Waals surface area contributed by atoms with E-state index < -0.39 is 0 Å². The Balaban J connectivity index is 1.67. The third-order valence-electron chi connectivity index (χ3n) is 7.44. The highest BCUT2D eigenvalue weighted by Crippen LogP contribution is 2.39. The molecule has 0 heteroatoms. The van der Waals surface area contributed by atoms with Gasteiger partial charge in [-0.3, -0.25) is 0 Å². The molecule has 0 aromatic heterocycles. The van der Waals surface area contributed by atoms with E-state index in [4.69, 9.17) is 0 Å². The van der Waals surface area contributed by atoms with Crippen molar-refractivity contribution in [1.29, 1.82) is 0 Å². The van der Waals surface area contributed by atoms with Crippen molar-refractivity contribution in [3.8, 4) is 0 Å². The van der Waals surface area contributed by atoms with Crippen molar-refractivity contribution in [2.45, 2.75) is 12.8 Å². The smallest absolute Gasteiger partial charge is 0.00168 e. The first-order valence-corrected chi connectivity index (χ1v) is 14.0. The van der Waals surface area contributed by atoms with Crippen LogP contribution in [-0.2, 0) is 12.8 Å². The highest BCUT2D eigenvalue weighted by molar-refractivity contribution is 6.05. The van der Waals surface area contributed by atoms with E-state index in [-0.39, 0.29) is 0 Å². The number of hydrogen-bond donors (Lipinski definition) is 0. The molecule has 0 nitrogen and oxygen atoms in total. The van der Waals surface area contributed by atoms with Gasteiger partial charge in [-0.15, -0.1) is 0 Å². The predicted octanol–water partition coefficient (Wildman–Crippen LogP) is 9.88. The first-order valence-electron chi connectivity index (χ1n) is 14.0. The van der Waals surface area contributed by atoms with E-state index >= 15 is 0 Å². The maximum absolute atomic E-state index is 2.32. The second-order valence-corrected chi connectivity index (χ2v) is 10.1.